The predicted molar refractivity (Wildman–Crippen MR) is 123 cm³/mol. The quantitative estimate of drug-likeness (QED) is 0.642. The van der Waals surface area contributed by atoms with Crippen molar-refractivity contribution in [3.63, 3.8) is 0 Å². The van der Waals surface area contributed by atoms with Crippen molar-refractivity contribution in [2.24, 2.45) is 0 Å². The Hall–Kier alpha value is -1.87. The maximum atomic E-state index is 11.9. The molecule has 4 N–H and O–H groups in total. The van der Waals surface area contributed by atoms with E-state index >= 15 is 0 Å². The third-order valence-corrected chi connectivity index (χ3v) is 6.96. The zero-order valence-electron chi connectivity index (χ0n) is 16.9. The fraction of sp³-hybridized carbons (Fsp3) is 0.600. The molecule has 30 heavy (non-hydrogen) atoms. The van der Waals surface area contributed by atoms with Crippen LogP contribution in [-0.4, -0.2) is 19.6 Å². The van der Waals surface area contributed by atoms with E-state index in [0.717, 1.165) is 38.5 Å². The van der Waals surface area contributed by atoms with E-state index in [1.165, 1.54) is 36.6 Å². The van der Waals surface area contributed by atoms with Crippen molar-refractivity contribution in [3.8, 4) is 0 Å². The lowest BCUT2D eigenvalue weighted by Crippen LogP contribution is -2.29. The summed E-state index contributed by atoms with van der Waals surface area (Å²) in [5.74, 6) is 0. The summed E-state index contributed by atoms with van der Waals surface area (Å²) in [7, 11) is 0. The number of anilines is 2. The standard InChI is InChI=1S/C10H14BrN3O.C10H14ClN3O/c2*11-9-8(12)6-13-14(10(9)15)7-4-2-1-3-5-7/h2*6-7H,1-5,12H2. The molecule has 0 saturated heterocycles. The number of nitrogen functional groups attached to an aromatic ring is 2. The van der Waals surface area contributed by atoms with E-state index in [4.69, 9.17) is 23.1 Å². The third kappa shape index (κ3) is 5.24. The van der Waals surface area contributed by atoms with E-state index in [1.807, 2.05) is 0 Å². The molecule has 164 valence electrons. The van der Waals surface area contributed by atoms with Crippen LogP contribution in [0.3, 0.4) is 0 Å². The van der Waals surface area contributed by atoms with Gasteiger partial charge in [-0.2, -0.15) is 10.2 Å². The summed E-state index contributed by atoms with van der Waals surface area (Å²) in [6.45, 7) is 0. The molecule has 2 aliphatic rings. The van der Waals surface area contributed by atoms with E-state index in [1.54, 1.807) is 10.9 Å². The molecule has 8 nitrogen and oxygen atoms in total. The van der Waals surface area contributed by atoms with Crippen LogP contribution in [0.1, 0.15) is 76.3 Å². The van der Waals surface area contributed by atoms with E-state index in [0.29, 0.717) is 10.2 Å². The van der Waals surface area contributed by atoms with Gasteiger partial charge in [0.2, 0.25) is 0 Å². The Labute approximate surface area is 188 Å². The van der Waals surface area contributed by atoms with Crippen LogP contribution in [0, 0.1) is 0 Å². The van der Waals surface area contributed by atoms with Gasteiger partial charge >= 0.3 is 0 Å². The van der Waals surface area contributed by atoms with Gasteiger partial charge in [-0.25, -0.2) is 9.36 Å². The van der Waals surface area contributed by atoms with E-state index in [2.05, 4.69) is 26.1 Å². The predicted octanol–water partition coefficient (Wildman–Crippen LogP) is 4.08. The molecule has 10 heteroatoms. The highest BCUT2D eigenvalue weighted by atomic mass is 79.9. The van der Waals surface area contributed by atoms with Crippen LogP contribution in [0.25, 0.3) is 0 Å². The number of aromatic nitrogens is 4. The first-order chi connectivity index (χ1) is 14.4. The van der Waals surface area contributed by atoms with Crippen molar-refractivity contribution >= 4 is 38.9 Å². The van der Waals surface area contributed by atoms with E-state index in [-0.39, 0.29) is 33.9 Å². The van der Waals surface area contributed by atoms with Crippen LogP contribution in [0.2, 0.25) is 5.02 Å². The van der Waals surface area contributed by atoms with E-state index < -0.39 is 0 Å². The lowest BCUT2D eigenvalue weighted by atomic mass is 9.96. The maximum Gasteiger partial charge on any atom is 0.287 e. The number of hydrogen-bond acceptors (Lipinski definition) is 6. The highest BCUT2D eigenvalue weighted by molar-refractivity contribution is 9.10. The van der Waals surface area contributed by atoms with Gasteiger partial charge in [-0.15, -0.1) is 0 Å². The zero-order valence-corrected chi connectivity index (χ0v) is 19.2. The second kappa shape index (κ2) is 10.4. The average Bonchev–Trinajstić information content (AvgIpc) is 2.78. The van der Waals surface area contributed by atoms with E-state index in [9.17, 15) is 9.59 Å². The zero-order chi connectivity index (χ0) is 21.7. The van der Waals surface area contributed by atoms with Crippen molar-refractivity contribution in [2.75, 3.05) is 11.5 Å². The first-order valence-electron chi connectivity index (χ1n) is 10.5. The summed E-state index contributed by atoms with van der Waals surface area (Å²) in [4.78, 5) is 23.6. The summed E-state index contributed by atoms with van der Waals surface area (Å²) < 4.78 is 3.49. The van der Waals surface area contributed by atoms with Gasteiger partial charge in [-0.3, -0.25) is 9.59 Å². The van der Waals surface area contributed by atoms with Gasteiger partial charge in [-0.05, 0) is 41.6 Å². The topological polar surface area (TPSA) is 122 Å². The van der Waals surface area contributed by atoms with Crippen molar-refractivity contribution in [2.45, 2.75) is 76.3 Å². The maximum absolute atomic E-state index is 11.9. The Morgan fingerprint density at radius 2 is 1.23 bits per heavy atom. The average molecular weight is 500 g/mol. The lowest BCUT2D eigenvalue weighted by molar-refractivity contribution is 0.318. The molecular weight excluding hydrogens is 472 g/mol. The van der Waals surface area contributed by atoms with Gasteiger partial charge in [0.15, 0.2) is 0 Å². The Kier molecular flexibility index (Phi) is 7.93. The fourth-order valence-electron chi connectivity index (χ4n) is 4.09. The molecule has 0 amide bonds. The molecule has 0 bridgehead atoms. The van der Waals surface area contributed by atoms with Crippen LogP contribution in [0.15, 0.2) is 26.5 Å². The number of halogens is 2. The molecule has 0 radical (unpaired) electrons. The second-order valence-corrected chi connectivity index (χ2v) is 9.08. The summed E-state index contributed by atoms with van der Waals surface area (Å²) in [5.41, 5.74) is 11.4. The lowest BCUT2D eigenvalue weighted by Gasteiger charge is -2.22. The van der Waals surface area contributed by atoms with Gasteiger partial charge in [0, 0.05) is 0 Å². The van der Waals surface area contributed by atoms with Gasteiger partial charge in [0.05, 0.1) is 35.9 Å². The molecule has 4 rings (SSSR count). The van der Waals surface area contributed by atoms with Crippen LogP contribution in [0.5, 0.6) is 0 Å². The summed E-state index contributed by atoms with van der Waals surface area (Å²) in [5, 5.41) is 8.26. The molecule has 2 aliphatic carbocycles. The molecule has 2 saturated carbocycles. The Morgan fingerprint density at radius 3 is 1.73 bits per heavy atom. The Bertz CT molecular complexity index is 901. The fourth-order valence-corrected chi connectivity index (χ4v) is 4.51. The normalized spacial score (nSPS) is 17.9. The van der Waals surface area contributed by atoms with Gasteiger partial charge in [0.1, 0.15) is 9.50 Å². The van der Waals surface area contributed by atoms with Crippen LogP contribution < -0.4 is 22.6 Å². The van der Waals surface area contributed by atoms with Crippen molar-refractivity contribution in [1.29, 1.82) is 0 Å². The number of hydrogen-bond donors (Lipinski definition) is 2. The first-order valence-corrected chi connectivity index (χ1v) is 11.6. The van der Waals surface area contributed by atoms with Crippen LogP contribution in [-0.2, 0) is 0 Å². The van der Waals surface area contributed by atoms with Crippen molar-refractivity contribution in [1.82, 2.24) is 19.6 Å². The number of nitrogens with zero attached hydrogens (tertiary/aromatic N) is 4. The molecule has 0 spiro atoms. The summed E-state index contributed by atoms with van der Waals surface area (Å²) in [6.07, 6.45) is 14.3. The minimum absolute atomic E-state index is 0.0931. The van der Waals surface area contributed by atoms with Crippen molar-refractivity contribution in [3.05, 3.63) is 42.6 Å². The highest BCUT2D eigenvalue weighted by Crippen LogP contribution is 2.27. The molecule has 0 unspecified atom stereocenters. The Morgan fingerprint density at radius 1 is 0.800 bits per heavy atom. The summed E-state index contributed by atoms with van der Waals surface area (Å²) in [6, 6.07) is 0.451. The first kappa shape index (κ1) is 22.8. The molecule has 2 fully saturated rings. The summed E-state index contributed by atoms with van der Waals surface area (Å²) >= 11 is 9.00. The largest absolute Gasteiger partial charge is 0.396 e. The van der Waals surface area contributed by atoms with Crippen LogP contribution in [0.4, 0.5) is 11.4 Å². The van der Waals surface area contributed by atoms with Gasteiger partial charge in [0.25, 0.3) is 11.1 Å². The Balaban J connectivity index is 0.000000171. The molecule has 0 atom stereocenters. The number of nitrogens with two attached hydrogens (primary N) is 2. The smallest absolute Gasteiger partial charge is 0.287 e. The van der Waals surface area contributed by atoms with Gasteiger partial charge < -0.3 is 11.5 Å². The van der Waals surface area contributed by atoms with Gasteiger partial charge in [-0.1, -0.05) is 50.1 Å². The second-order valence-electron chi connectivity index (χ2n) is 7.91. The SMILES string of the molecule is Nc1cnn(C2CCCCC2)c(=O)c1Br.Nc1cnn(C2CCCCC2)c(=O)c1Cl. The molecule has 2 aromatic heterocycles. The third-order valence-electron chi connectivity index (χ3n) is 5.78. The molecule has 2 heterocycles. The molecule has 0 aromatic carbocycles. The van der Waals surface area contributed by atoms with Crippen molar-refractivity contribution < 1.29 is 0 Å². The minimum atomic E-state index is -0.261. The molecule has 2 aromatic rings. The monoisotopic (exact) mass is 498 g/mol. The molecule has 0 aliphatic heterocycles. The minimum Gasteiger partial charge on any atom is -0.396 e. The van der Waals surface area contributed by atoms with Crippen LogP contribution >= 0.6 is 27.5 Å². The molecular formula is C20H28BrClN6O2. The highest BCUT2D eigenvalue weighted by Gasteiger charge is 2.20. The number of rotatable bonds is 2.